The molecule has 0 aliphatic rings. The second kappa shape index (κ2) is 7.69. The van der Waals surface area contributed by atoms with Crippen LogP contribution in [0.3, 0.4) is 0 Å². The lowest BCUT2D eigenvalue weighted by Gasteiger charge is -2.02. The Hall–Kier alpha value is -3.03. The molecule has 0 saturated heterocycles. The maximum absolute atomic E-state index is 9.04. The van der Waals surface area contributed by atoms with Gasteiger partial charge < -0.3 is 9.25 Å². The Balaban J connectivity index is 1.66. The average molecular weight is 351 g/mol. The van der Waals surface area contributed by atoms with Crippen molar-refractivity contribution < 1.29 is 9.25 Å². The van der Waals surface area contributed by atoms with Crippen LogP contribution in [0.2, 0.25) is 5.02 Å². The highest BCUT2D eigenvalue weighted by Gasteiger charge is 2.07. The van der Waals surface area contributed by atoms with Gasteiger partial charge in [0.25, 0.3) is 0 Å². The molecule has 0 spiro atoms. The van der Waals surface area contributed by atoms with Crippen molar-refractivity contribution >= 4 is 17.8 Å². The quantitative estimate of drug-likeness (QED) is 0.461. The van der Waals surface area contributed by atoms with Gasteiger partial charge in [-0.15, -0.1) is 0 Å². The van der Waals surface area contributed by atoms with Crippen LogP contribution in [-0.2, 0) is 11.4 Å². The van der Waals surface area contributed by atoms with Crippen LogP contribution in [0.1, 0.15) is 22.5 Å². The molecular formula is C20H15ClN2O2. The van der Waals surface area contributed by atoms with Crippen molar-refractivity contribution in [2.45, 2.75) is 13.5 Å². The van der Waals surface area contributed by atoms with Crippen LogP contribution in [0.25, 0.3) is 11.3 Å². The topological polar surface area (TPSA) is 58.5 Å². The molecule has 0 unspecified atom stereocenters. The molecule has 0 fully saturated rings. The summed E-state index contributed by atoms with van der Waals surface area (Å²) in [4.78, 5) is 5.26. The average Bonchev–Trinajstić information content (AvgIpc) is 3.10. The second-order valence-corrected chi connectivity index (χ2v) is 5.87. The number of oxime groups is 1. The fourth-order valence-corrected chi connectivity index (χ4v) is 2.55. The first kappa shape index (κ1) is 16.8. The predicted molar refractivity (Wildman–Crippen MR) is 97.4 cm³/mol. The fourth-order valence-electron chi connectivity index (χ4n) is 2.38. The number of benzene rings is 2. The minimum Gasteiger partial charge on any atom is -0.455 e. The summed E-state index contributed by atoms with van der Waals surface area (Å²) in [5.41, 5.74) is 3.38. The van der Waals surface area contributed by atoms with Crippen LogP contribution in [0.15, 0.2) is 64.2 Å². The number of nitrogens with zero attached hydrogens (tertiary/aromatic N) is 2. The summed E-state index contributed by atoms with van der Waals surface area (Å²) < 4.78 is 5.76. The molecule has 2 aromatic carbocycles. The summed E-state index contributed by atoms with van der Waals surface area (Å²) in [6.07, 6.45) is 1.50. The molecule has 0 aliphatic carbocycles. The molecule has 25 heavy (non-hydrogen) atoms. The molecule has 0 N–H and O–H groups in total. The molecule has 3 rings (SSSR count). The van der Waals surface area contributed by atoms with Gasteiger partial charge in [0, 0.05) is 16.1 Å². The Kier molecular flexibility index (Phi) is 5.17. The van der Waals surface area contributed by atoms with Gasteiger partial charge in [-0.05, 0) is 42.8 Å². The SMILES string of the molecule is Cc1ccc(Cl)cc1-c1ccc(/C=N\OCc2ccccc2C#N)o1. The Morgan fingerprint density at radius 3 is 2.88 bits per heavy atom. The van der Waals surface area contributed by atoms with Gasteiger partial charge in [0.1, 0.15) is 24.3 Å². The number of nitriles is 1. The number of hydrogen-bond acceptors (Lipinski definition) is 4. The Bertz CT molecular complexity index is 954. The Labute approximate surface area is 150 Å². The van der Waals surface area contributed by atoms with Crippen molar-refractivity contribution in [1.82, 2.24) is 0 Å². The van der Waals surface area contributed by atoms with E-state index in [1.165, 1.54) is 6.21 Å². The highest BCUT2D eigenvalue weighted by molar-refractivity contribution is 6.30. The molecule has 0 amide bonds. The summed E-state index contributed by atoms with van der Waals surface area (Å²) in [6.45, 7) is 2.22. The van der Waals surface area contributed by atoms with E-state index in [1.807, 2.05) is 55.5 Å². The Morgan fingerprint density at radius 1 is 1.20 bits per heavy atom. The molecule has 1 aromatic heterocycles. The van der Waals surface area contributed by atoms with Crippen LogP contribution >= 0.6 is 11.6 Å². The van der Waals surface area contributed by atoms with E-state index in [2.05, 4.69) is 11.2 Å². The van der Waals surface area contributed by atoms with E-state index in [4.69, 9.17) is 26.1 Å². The highest BCUT2D eigenvalue weighted by Crippen LogP contribution is 2.27. The zero-order chi connectivity index (χ0) is 17.6. The number of halogens is 1. The van der Waals surface area contributed by atoms with Gasteiger partial charge in [0.05, 0.1) is 11.6 Å². The van der Waals surface area contributed by atoms with E-state index in [0.29, 0.717) is 16.3 Å². The third kappa shape index (κ3) is 4.09. The van der Waals surface area contributed by atoms with Crippen molar-refractivity contribution in [3.8, 4) is 17.4 Å². The monoisotopic (exact) mass is 350 g/mol. The van der Waals surface area contributed by atoms with Crippen molar-refractivity contribution in [1.29, 1.82) is 5.26 Å². The van der Waals surface area contributed by atoms with E-state index in [0.717, 1.165) is 22.5 Å². The van der Waals surface area contributed by atoms with Gasteiger partial charge >= 0.3 is 0 Å². The highest BCUT2D eigenvalue weighted by atomic mass is 35.5. The first-order chi connectivity index (χ1) is 12.2. The number of aryl methyl sites for hydroxylation is 1. The van der Waals surface area contributed by atoms with Crippen LogP contribution in [0.4, 0.5) is 0 Å². The largest absolute Gasteiger partial charge is 0.455 e. The molecule has 3 aromatic rings. The summed E-state index contributed by atoms with van der Waals surface area (Å²) in [7, 11) is 0. The number of hydrogen-bond donors (Lipinski definition) is 0. The van der Waals surface area contributed by atoms with Gasteiger partial charge in [-0.3, -0.25) is 0 Å². The van der Waals surface area contributed by atoms with E-state index in [-0.39, 0.29) is 6.61 Å². The maximum atomic E-state index is 9.04. The van der Waals surface area contributed by atoms with Crippen LogP contribution in [0, 0.1) is 18.3 Å². The normalized spacial score (nSPS) is 10.8. The zero-order valence-electron chi connectivity index (χ0n) is 13.6. The minimum atomic E-state index is 0.223. The molecule has 0 saturated carbocycles. The molecule has 0 atom stereocenters. The smallest absolute Gasteiger partial charge is 0.149 e. The molecule has 0 bridgehead atoms. The van der Waals surface area contributed by atoms with Crippen LogP contribution in [0.5, 0.6) is 0 Å². The molecule has 4 nitrogen and oxygen atoms in total. The first-order valence-corrected chi connectivity index (χ1v) is 8.05. The van der Waals surface area contributed by atoms with Gasteiger partial charge in [0.15, 0.2) is 0 Å². The van der Waals surface area contributed by atoms with Gasteiger partial charge in [-0.2, -0.15) is 5.26 Å². The number of furan rings is 1. The van der Waals surface area contributed by atoms with E-state index in [9.17, 15) is 0 Å². The van der Waals surface area contributed by atoms with Crippen LogP contribution < -0.4 is 0 Å². The lowest BCUT2D eigenvalue weighted by molar-refractivity contribution is 0.131. The third-order valence-corrected chi connectivity index (χ3v) is 3.94. The van der Waals surface area contributed by atoms with Crippen LogP contribution in [-0.4, -0.2) is 6.21 Å². The summed E-state index contributed by atoms with van der Waals surface area (Å²) in [5.74, 6) is 1.29. The lowest BCUT2D eigenvalue weighted by atomic mass is 10.1. The predicted octanol–water partition coefficient (Wildman–Crippen LogP) is 5.33. The maximum Gasteiger partial charge on any atom is 0.149 e. The summed E-state index contributed by atoms with van der Waals surface area (Å²) >= 11 is 6.05. The van der Waals surface area contributed by atoms with Gasteiger partial charge in [-0.1, -0.05) is 41.0 Å². The molecule has 124 valence electrons. The molecule has 0 radical (unpaired) electrons. The second-order valence-electron chi connectivity index (χ2n) is 5.44. The molecule has 0 aliphatic heterocycles. The molecule has 5 heteroatoms. The molecule has 1 heterocycles. The van der Waals surface area contributed by atoms with Crippen molar-refractivity contribution in [2.24, 2.45) is 5.16 Å². The Morgan fingerprint density at radius 2 is 2.04 bits per heavy atom. The number of rotatable bonds is 5. The molecular weight excluding hydrogens is 336 g/mol. The van der Waals surface area contributed by atoms with Gasteiger partial charge in [0.2, 0.25) is 0 Å². The van der Waals surface area contributed by atoms with Crippen molar-refractivity contribution in [3.63, 3.8) is 0 Å². The zero-order valence-corrected chi connectivity index (χ0v) is 14.3. The first-order valence-electron chi connectivity index (χ1n) is 7.67. The third-order valence-electron chi connectivity index (χ3n) is 3.70. The summed E-state index contributed by atoms with van der Waals surface area (Å²) in [5, 5.41) is 13.6. The van der Waals surface area contributed by atoms with Crippen molar-refractivity contribution in [2.75, 3.05) is 0 Å². The summed E-state index contributed by atoms with van der Waals surface area (Å²) in [6, 6.07) is 18.7. The van der Waals surface area contributed by atoms with Gasteiger partial charge in [-0.25, -0.2) is 0 Å². The van der Waals surface area contributed by atoms with E-state index < -0.39 is 0 Å². The minimum absolute atomic E-state index is 0.223. The van der Waals surface area contributed by atoms with E-state index >= 15 is 0 Å². The standard InChI is InChI=1S/C20H15ClN2O2/c1-14-6-7-17(21)10-19(14)20-9-8-18(25-20)12-23-24-13-16-5-3-2-4-15(16)11-22/h2-10,12H,13H2,1H3/b23-12-. The fraction of sp³-hybridized carbons (Fsp3) is 0.100. The lowest BCUT2D eigenvalue weighted by Crippen LogP contribution is -1.91. The van der Waals surface area contributed by atoms with E-state index in [1.54, 1.807) is 6.07 Å². The van der Waals surface area contributed by atoms with Crippen molar-refractivity contribution in [3.05, 3.63) is 82.1 Å².